The average Bonchev–Trinajstić information content (AvgIpc) is 2.91. The molecule has 0 saturated carbocycles. The molecule has 0 spiro atoms. The number of carbonyl (C=O) groups excluding carboxylic acids is 1. The first-order valence-corrected chi connectivity index (χ1v) is 8.39. The molecule has 0 aliphatic rings. The van der Waals surface area contributed by atoms with Crippen LogP contribution in [-0.2, 0) is 11.2 Å². The summed E-state index contributed by atoms with van der Waals surface area (Å²) in [7, 11) is 0. The molecule has 0 bridgehead atoms. The molecule has 0 radical (unpaired) electrons. The molecular formula is C16H20ClN3OS. The molecule has 1 aromatic heterocycles. The number of hydrogen-bond acceptors (Lipinski definition) is 4. The number of rotatable bonds is 5. The van der Waals surface area contributed by atoms with Gasteiger partial charge >= 0.3 is 0 Å². The maximum Gasteiger partial charge on any atom is 0.230 e. The maximum absolute atomic E-state index is 12.1. The standard InChI is InChI=1S/C16H20ClN3OS/c1-9(2)15(18)16-19-11(8-22-16)7-14(21)20-13-6-4-5-12(17)10(13)3/h4-6,8-9,15H,7,18H2,1-3H3,(H,20,21). The highest BCUT2D eigenvalue weighted by Crippen LogP contribution is 2.24. The van der Waals surface area contributed by atoms with Gasteiger partial charge in [0.2, 0.25) is 5.91 Å². The first kappa shape index (κ1) is 16.9. The average molecular weight is 338 g/mol. The van der Waals surface area contributed by atoms with E-state index in [1.165, 1.54) is 11.3 Å². The number of nitrogens with zero attached hydrogens (tertiary/aromatic N) is 1. The van der Waals surface area contributed by atoms with E-state index in [4.69, 9.17) is 17.3 Å². The summed E-state index contributed by atoms with van der Waals surface area (Å²) in [6.45, 7) is 5.99. The Morgan fingerprint density at radius 1 is 1.45 bits per heavy atom. The van der Waals surface area contributed by atoms with Crippen molar-refractivity contribution in [2.45, 2.75) is 33.2 Å². The zero-order valence-corrected chi connectivity index (χ0v) is 14.5. The number of carbonyl (C=O) groups is 1. The molecular weight excluding hydrogens is 318 g/mol. The third-order valence-electron chi connectivity index (χ3n) is 3.46. The lowest BCUT2D eigenvalue weighted by Gasteiger charge is -2.11. The highest BCUT2D eigenvalue weighted by atomic mass is 35.5. The zero-order chi connectivity index (χ0) is 16.3. The Morgan fingerprint density at radius 3 is 2.86 bits per heavy atom. The van der Waals surface area contributed by atoms with E-state index in [1.807, 2.05) is 24.4 Å². The topological polar surface area (TPSA) is 68.0 Å². The highest BCUT2D eigenvalue weighted by Gasteiger charge is 2.16. The van der Waals surface area contributed by atoms with E-state index < -0.39 is 0 Å². The van der Waals surface area contributed by atoms with Gasteiger partial charge < -0.3 is 11.1 Å². The first-order chi connectivity index (χ1) is 10.4. The second-order valence-electron chi connectivity index (χ2n) is 5.58. The van der Waals surface area contributed by atoms with Crippen molar-refractivity contribution in [1.29, 1.82) is 0 Å². The molecule has 3 N–H and O–H groups in total. The molecule has 0 fully saturated rings. The van der Waals surface area contributed by atoms with E-state index in [0.717, 1.165) is 22.0 Å². The molecule has 4 nitrogen and oxygen atoms in total. The number of anilines is 1. The third kappa shape index (κ3) is 4.06. The number of hydrogen-bond donors (Lipinski definition) is 2. The van der Waals surface area contributed by atoms with Crippen molar-refractivity contribution >= 4 is 34.5 Å². The summed E-state index contributed by atoms with van der Waals surface area (Å²) < 4.78 is 0. The van der Waals surface area contributed by atoms with Crippen LogP contribution < -0.4 is 11.1 Å². The van der Waals surface area contributed by atoms with Crippen LogP contribution in [0.25, 0.3) is 0 Å². The Labute approximate surface area is 139 Å². The maximum atomic E-state index is 12.1. The predicted octanol–water partition coefficient (Wildman–Crippen LogP) is 3.94. The van der Waals surface area contributed by atoms with Crippen molar-refractivity contribution in [3.8, 4) is 0 Å². The normalized spacial score (nSPS) is 12.5. The van der Waals surface area contributed by atoms with Crippen molar-refractivity contribution in [3.05, 3.63) is 44.9 Å². The first-order valence-electron chi connectivity index (χ1n) is 7.13. The molecule has 0 aliphatic heterocycles. The molecule has 1 unspecified atom stereocenters. The van der Waals surface area contributed by atoms with Crippen LogP contribution in [0.5, 0.6) is 0 Å². The lowest BCUT2D eigenvalue weighted by molar-refractivity contribution is -0.115. The van der Waals surface area contributed by atoms with E-state index >= 15 is 0 Å². The number of nitrogens with two attached hydrogens (primary N) is 1. The molecule has 22 heavy (non-hydrogen) atoms. The van der Waals surface area contributed by atoms with Crippen LogP contribution in [0.4, 0.5) is 5.69 Å². The Hall–Kier alpha value is -1.43. The van der Waals surface area contributed by atoms with Crippen LogP contribution >= 0.6 is 22.9 Å². The van der Waals surface area contributed by atoms with Gasteiger partial charge in [0.15, 0.2) is 0 Å². The van der Waals surface area contributed by atoms with Gasteiger partial charge in [0, 0.05) is 16.1 Å². The summed E-state index contributed by atoms with van der Waals surface area (Å²) in [5.74, 6) is 0.210. The fraction of sp³-hybridized carbons (Fsp3) is 0.375. The largest absolute Gasteiger partial charge is 0.325 e. The highest BCUT2D eigenvalue weighted by molar-refractivity contribution is 7.09. The predicted molar refractivity (Wildman–Crippen MR) is 92.4 cm³/mol. The second-order valence-corrected chi connectivity index (χ2v) is 6.88. The summed E-state index contributed by atoms with van der Waals surface area (Å²) >= 11 is 7.55. The van der Waals surface area contributed by atoms with Crippen LogP contribution in [0.2, 0.25) is 5.02 Å². The number of halogens is 1. The van der Waals surface area contributed by atoms with E-state index in [0.29, 0.717) is 10.9 Å². The van der Waals surface area contributed by atoms with Gasteiger partial charge in [0.05, 0.1) is 18.2 Å². The fourth-order valence-electron chi connectivity index (χ4n) is 1.94. The van der Waals surface area contributed by atoms with Gasteiger partial charge in [-0.3, -0.25) is 4.79 Å². The number of nitrogens with one attached hydrogen (secondary N) is 1. The number of aromatic nitrogens is 1. The molecule has 118 valence electrons. The van der Waals surface area contributed by atoms with E-state index in [9.17, 15) is 4.79 Å². The molecule has 6 heteroatoms. The van der Waals surface area contributed by atoms with Crippen LogP contribution in [0.1, 0.15) is 36.2 Å². The minimum Gasteiger partial charge on any atom is -0.325 e. The van der Waals surface area contributed by atoms with E-state index in [2.05, 4.69) is 24.1 Å². The third-order valence-corrected chi connectivity index (χ3v) is 4.86. The molecule has 0 aliphatic carbocycles. The number of thiazole rings is 1. The quantitative estimate of drug-likeness (QED) is 0.868. The Kier molecular flexibility index (Phi) is 5.56. The molecule has 1 heterocycles. The van der Waals surface area contributed by atoms with E-state index in [1.54, 1.807) is 6.07 Å². The molecule has 2 rings (SSSR count). The van der Waals surface area contributed by atoms with Crippen LogP contribution in [0, 0.1) is 12.8 Å². The monoisotopic (exact) mass is 337 g/mol. The minimum atomic E-state index is -0.111. The minimum absolute atomic E-state index is 0.0861. The van der Waals surface area contributed by atoms with Crippen LogP contribution in [0.3, 0.4) is 0 Å². The smallest absolute Gasteiger partial charge is 0.230 e. The van der Waals surface area contributed by atoms with Gasteiger partial charge in [-0.05, 0) is 30.5 Å². The Balaban J connectivity index is 2.02. The lowest BCUT2D eigenvalue weighted by Crippen LogP contribution is -2.17. The SMILES string of the molecule is Cc1c(Cl)cccc1NC(=O)Cc1csc(C(N)C(C)C)n1. The summed E-state index contributed by atoms with van der Waals surface area (Å²) in [5.41, 5.74) is 8.41. The zero-order valence-electron chi connectivity index (χ0n) is 12.9. The molecule has 0 saturated heterocycles. The lowest BCUT2D eigenvalue weighted by atomic mass is 10.1. The summed E-state index contributed by atoms with van der Waals surface area (Å²) in [5, 5.41) is 6.27. The summed E-state index contributed by atoms with van der Waals surface area (Å²) in [6, 6.07) is 5.36. The van der Waals surface area contributed by atoms with Gasteiger partial charge in [-0.1, -0.05) is 31.5 Å². The van der Waals surface area contributed by atoms with Gasteiger partial charge in [-0.25, -0.2) is 4.98 Å². The number of amides is 1. The molecule has 2 aromatic rings. The number of benzene rings is 1. The Morgan fingerprint density at radius 2 is 2.18 bits per heavy atom. The van der Waals surface area contributed by atoms with Crippen molar-refractivity contribution < 1.29 is 4.79 Å². The van der Waals surface area contributed by atoms with E-state index in [-0.39, 0.29) is 18.4 Å². The molecule has 1 atom stereocenters. The van der Waals surface area contributed by atoms with Crippen molar-refractivity contribution in [1.82, 2.24) is 4.98 Å². The molecule has 1 aromatic carbocycles. The van der Waals surface area contributed by atoms with Gasteiger partial charge in [0.25, 0.3) is 0 Å². The van der Waals surface area contributed by atoms with Crippen LogP contribution in [0.15, 0.2) is 23.6 Å². The second kappa shape index (κ2) is 7.22. The van der Waals surface area contributed by atoms with Crippen LogP contribution in [-0.4, -0.2) is 10.9 Å². The van der Waals surface area contributed by atoms with Crippen molar-refractivity contribution in [2.24, 2.45) is 11.7 Å². The summed E-state index contributed by atoms with van der Waals surface area (Å²) in [4.78, 5) is 16.6. The summed E-state index contributed by atoms with van der Waals surface area (Å²) in [6.07, 6.45) is 0.229. The Bertz CT molecular complexity index is 669. The van der Waals surface area contributed by atoms with Gasteiger partial charge in [-0.15, -0.1) is 11.3 Å². The van der Waals surface area contributed by atoms with Gasteiger partial charge in [-0.2, -0.15) is 0 Å². The molecule has 1 amide bonds. The fourth-order valence-corrected chi connectivity index (χ4v) is 3.11. The van der Waals surface area contributed by atoms with Crippen molar-refractivity contribution in [2.75, 3.05) is 5.32 Å². The van der Waals surface area contributed by atoms with Gasteiger partial charge in [0.1, 0.15) is 5.01 Å². The van der Waals surface area contributed by atoms with Crippen molar-refractivity contribution in [3.63, 3.8) is 0 Å².